The summed E-state index contributed by atoms with van der Waals surface area (Å²) in [4.78, 5) is 39.6. The van der Waals surface area contributed by atoms with Crippen molar-refractivity contribution in [3.63, 3.8) is 0 Å². The Morgan fingerprint density at radius 2 is 1.88 bits per heavy atom. The van der Waals surface area contributed by atoms with E-state index in [9.17, 15) is 14.2 Å². The number of phosphoric ester groups is 1. The summed E-state index contributed by atoms with van der Waals surface area (Å²) >= 11 is 0. The van der Waals surface area contributed by atoms with E-state index in [0.29, 0.717) is 0 Å². The first kappa shape index (κ1) is 16.1. The molecule has 17 heavy (non-hydrogen) atoms. The predicted molar refractivity (Wildman–Crippen MR) is 56.8 cm³/mol. The van der Waals surface area contributed by atoms with Gasteiger partial charge < -0.3 is 20.2 Å². The third-order valence-corrected chi connectivity index (χ3v) is 2.43. The zero-order valence-corrected chi connectivity index (χ0v) is 10.4. The van der Waals surface area contributed by atoms with Gasteiger partial charge in [-0.3, -0.25) is 4.79 Å². The molecule has 1 amide bonds. The normalized spacial score (nSPS) is 15.1. The van der Waals surface area contributed by atoms with Crippen LogP contribution in [0.2, 0.25) is 0 Å². The molecule has 0 radical (unpaired) electrons. The van der Waals surface area contributed by atoms with Crippen molar-refractivity contribution in [2.75, 3.05) is 0 Å². The molecule has 0 spiro atoms. The van der Waals surface area contributed by atoms with Gasteiger partial charge in [0.25, 0.3) is 5.72 Å². The van der Waals surface area contributed by atoms with E-state index in [0.717, 1.165) is 0 Å². The number of hydrogen-bond acceptors (Lipinski definition) is 4. The van der Waals surface area contributed by atoms with E-state index < -0.39 is 25.4 Å². The molecule has 0 saturated heterocycles. The van der Waals surface area contributed by atoms with Crippen LogP contribution in [0.25, 0.3) is 0 Å². The minimum Gasteiger partial charge on any atom is -0.478 e. The Labute approximate surface area is 98.2 Å². The lowest BCUT2D eigenvalue weighted by atomic mass is 10.1. The molecule has 8 nitrogen and oxygen atoms in total. The van der Waals surface area contributed by atoms with Gasteiger partial charge in [0.2, 0.25) is 5.91 Å². The van der Waals surface area contributed by atoms with Crippen molar-refractivity contribution < 1.29 is 33.6 Å². The second-order valence-corrected chi connectivity index (χ2v) is 4.53. The number of hydrogen-bond donors (Lipinski definition) is 4. The summed E-state index contributed by atoms with van der Waals surface area (Å²) in [5.41, 5.74) is -2.39. The Kier molecular flexibility index (Phi) is 5.77. The van der Waals surface area contributed by atoms with E-state index in [2.05, 4.69) is 4.52 Å². The highest BCUT2D eigenvalue weighted by Crippen LogP contribution is 2.42. The van der Waals surface area contributed by atoms with Crippen LogP contribution >= 0.6 is 7.82 Å². The highest BCUT2D eigenvalue weighted by Gasteiger charge is 2.45. The molecule has 0 rings (SSSR count). The largest absolute Gasteiger partial charge is 0.478 e. The molecule has 0 aromatic carbocycles. The molecule has 0 bridgehead atoms. The van der Waals surface area contributed by atoms with Gasteiger partial charge in [-0.2, -0.15) is 0 Å². The quantitative estimate of drug-likeness (QED) is 0.383. The maximum atomic E-state index is 11.2. The fraction of sp³-hybridized carbons (Fsp3) is 0.750. The Morgan fingerprint density at radius 1 is 1.35 bits per heavy atom. The molecule has 0 aromatic heterocycles. The SMILES string of the molecule is CCCC(NC(=O)CC)(OP(=O)(O)O)C(=O)O. The van der Waals surface area contributed by atoms with Crippen LogP contribution in [0.3, 0.4) is 0 Å². The van der Waals surface area contributed by atoms with Gasteiger partial charge in [-0.05, 0) is 0 Å². The maximum Gasteiger partial charge on any atom is 0.472 e. The van der Waals surface area contributed by atoms with Crippen LogP contribution in [0.5, 0.6) is 0 Å². The van der Waals surface area contributed by atoms with E-state index in [-0.39, 0.29) is 19.3 Å². The molecule has 0 aromatic rings. The van der Waals surface area contributed by atoms with Gasteiger partial charge in [-0.15, -0.1) is 0 Å². The first-order chi connectivity index (χ1) is 7.67. The standard InChI is InChI=1S/C8H16NO7P/c1-3-5-8(7(11)12,9-6(10)4-2)16-17(13,14)15/h3-5H2,1-2H3,(H,9,10)(H,11,12)(H2,13,14,15). The van der Waals surface area contributed by atoms with Gasteiger partial charge >= 0.3 is 13.8 Å². The number of carboxylic acid groups (broad SMARTS) is 1. The molecule has 0 aliphatic carbocycles. The molecule has 0 saturated carbocycles. The molecule has 0 fully saturated rings. The van der Waals surface area contributed by atoms with Crippen molar-refractivity contribution in [1.29, 1.82) is 0 Å². The van der Waals surface area contributed by atoms with E-state index in [1.807, 2.05) is 5.32 Å². The average molecular weight is 269 g/mol. The summed E-state index contributed by atoms with van der Waals surface area (Å²) in [5.74, 6) is -2.32. The van der Waals surface area contributed by atoms with Crippen LogP contribution in [0.1, 0.15) is 33.1 Å². The van der Waals surface area contributed by atoms with Gasteiger partial charge in [-0.25, -0.2) is 13.9 Å². The van der Waals surface area contributed by atoms with Gasteiger partial charge in [0.1, 0.15) is 0 Å². The summed E-state index contributed by atoms with van der Waals surface area (Å²) < 4.78 is 15.0. The highest BCUT2D eigenvalue weighted by atomic mass is 31.2. The molecule has 4 N–H and O–H groups in total. The number of nitrogens with one attached hydrogen (secondary N) is 1. The average Bonchev–Trinajstić information content (AvgIpc) is 2.14. The summed E-state index contributed by atoms with van der Waals surface area (Å²) in [6, 6.07) is 0. The van der Waals surface area contributed by atoms with E-state index in [1.165, 1.54) is 6.92 Å². The molecule has 9 heteroatoms. The Bertz CT molecular complexity index is 339. The van der Waals surface area contributed by atoms with Crippen LogP contribution in [-0.2, 0) is 18.7 Å². The fourth-order valence-corrected chi connectivity index (χ4v) is 1.82. The summed E-state index contributed by atoms with van der Waals surface area (Å²) in [5, 5.41) is 11.0. The zero-order valence-electron chi connectivity index (χ0n) is 9.54. The number of carbonyl (C=O) groups excluding carboxylic acids is 1. The number of amides is 1. The zero-order chi connectivity index (χ0) is 13.7. The molecule has 100 valence electrons. The smallest absolute Gasteiger partial charge is 0.472 e. The third kappa shape index (κ3) is 5.27. The predicted octanol–water partition coefficient (Wildman–Crippen LogP) is 0.203. The number of rotatable bonds is 7. The highest BCUT2D eigenvalue weighted by molar-refractivity contribution is 7.46. The van der Waals surface area contributed by atoms with Crippen molar-refractivity contribution in [2.24, 2.45) is 0 Å². The molecule has 0 aliphatic heterocycles. The first-order valence-electron chi connectivity index (χ1n) is 4.97. The second-order valence-electron chi connectivity index (χ2n) is 3.37. The third-order valence-electron chi connectivity index (χ3n) is 1.88. The van der Waals surface area contributed by atoms with E-state index in [1.54, 1.807) is 6.92 Å². The lowest BCUT2D eigenvalue weighted by molar-refractivity contribution is -0.164. The molecule has 1 unspecified atom stereocenters. The summed E-state index contributed by atoms with van der Waals surface area (Å²) in [7, 11) is -5.03. The number of aliphatic carboxylic acids is 1. The number of carboxylic acids is 1. The second kappa shape index (κ2) is 6.11. The number of carbonyl (C=O) groups is 2. The van der Waals surface area contributed by atoms with Crippen LogP contribution in [0.15, 0.2) is 0 Å². The van der Waals surface area contributed by atoms with Crippen molar-refractivity contribution >= 4 is 19.7 Å². The van der Waals surface area contributed by atoms with Gasteiger partial charge in [0.05, 0.1) is 0 Å². The fourth-order valence-electron chi connectivity index (χ4n) is 1.20. The minimum absolute atomic E-state index is 0.0245. The van der Waals surface area contributed by atoms with Crippen LogP contribution < -0.4 is 5.32 Å². The lowest BCUT2D eigenvalue weighted by Crippen LogP contribution is -2.55. The molecule has 0 heterocycles. The monoisotopic (exact) mass is 269 g/mol. The van der Waals surface area contributed by atoms with Crippen molar-refractivity contribution in [1.82, 2.24) is 5.32 Å². The molecule has 1 atom stereocenters. The van der Waals surface area contributed by atoms with Gasteiger partial charge in [0, 0.05) is 12.8 Å². The number of phosphoric acid groups is 1. The van der Waals surface area contributed by atoms with E-state index in [4.69, 9.17) is 14.9 Å². The van der Waals surface area contributed by atoms with Crippen LogP contribution in [-0.4, -0.2) is 32.5 Å². The molecular formula is C8H16NO7P. The van der Waals surface area contributed by atoms with Crippen molar-refractivity contribution in [2.45, 2.75) is 38.8 Å². The maximum absolute atomic E-state index is 11.2. The Morgan fingerprint density at radius 3 is 2.18 bits per heavy atom. The van der Waals surface area contributed by atoms with E-state index >= 15 is 0 Å². The minimum atomic E-state index is -5.03. The van der Waals surface area contributed by atoms with Crippen molar-refractivity contribution in [3.05, 3.63) is 0 Å². The van der Waals surface area contributed by atoms with Crippen LogP contribution in [0.4, 0.5) is 0 Å². The van der Waals surface area contributed by atoms with Crippen LogP contribution in [0, 0.1) is 0 Å². The molecule has 0 aliphatic rings. The summed E-state index contributed by atoms with van der Waals surface area (Å²) in [6.07, 6.45) is -0.0151. The van der Waals surface area contributed by atoms with Crippen molar-refractivity contribution in [3.8, 4) is 0 Å². The van der Waals surface area contributed by atoms with Gasteiger partial charge in [0.15, 0.2) is 0 Å². The lowest BCUT2D eigenvalue weighted by Gasteiger charge is -2.29. The van der Waals surface area contributed by atoms with Gasteiger partial charge in [-0.1, -0.05) is 20.3 Å². The topological polar surface area (TPSA) is 133 Å². The first-order valence-corrected chi connectivity index (χ1v) is 6.50. The molecular weight excluding hydrogens is 253 g/mol. The Balaban J connectivity index is 5.19. The Hall–Kier alpha value is -0.950. The summed E-state index contributed by atoms with van der Waals surface area (Å²) in [6.45, 7) is 3.07.